The Balaban J connectivity index is 2.02. The molecule has 6 nitrogen and oxygen atoms in total. The quantitative estimate of drug-likeness (QED) is 0.802. The number of benzene rings is 2. The first-order valence-electron chi connectivity index (χ1n) is 6.97. The molecule has 2 rings (SSSR count). The third kappa shape index (κ3) is 5.00. The molecule has 3 N–H and O–H groups in total. The fraction of sp³-hybridized carbons (Fsp3) is 0.188. The molecule has 122 valence electrons. The van der Waals surface area contributed by atoms with Crippen molar-refractivity contribution in [2.24, 2.45) is 0 Å². The van der Waals surface area contributed by atoms with Gasteiger partial charge in [-0.15, -0.1) is 0 Å². The highest BCUT2D eigenvalue weighted by Crippen LogP contribution is 2.19. The van der Waals surface area contributed by atoms with Gasteiger partial charge in [0.1, 0.15) is 0 Å². The van der Waals surface area contributed by atoms with E-state index in [-0.39, 0.29) is 6.03 Å². The molecular formula is C16H19N3O3S. The Labute approximate surface area is 136 Å². The summed E-state index contributed by atoms with van der Waals surface area (Å²) >= 11 is 0. The molecule has 2 amide bonds. The molecule has 0 heterocycles. The monoisotopic (exact) mass is 333 g/mol. The van der Waals surface area contributed by atoms with Crippen LogP contribution in [-0.4, -0.2) is 20.7 Å². The van der Waals surface area contributed by atoms with Gasteiger partial charge in [-0.1, -0.05) is 12.1 Å². The molecule has 23 heavy (non-hydrogen) atoms. The zero-order valence-electron chi connectivity index (χ0n) is 13.2. The molecule has 2 aromatic rings. The van der Waals surface area contributed by atoms with Crippen LogP contribution in [0.15, 0.2) is 42.5 Å². The summed E-state index contributed by atoms with van der Waals surface area (Å²) in [7, 11) is -3.31. The maximum atomic E-state index is 12.0. The highest BCUT2D eigenvalue weighted by Gasteiger charge is 2.07. The predicted molar refractivity (Wildman–Crippen MR) is 93.5 cm³/mol. The van der Waals surface area contributed by atoms with Crippen molar-refractivity contribution in [2.75, 3.05) is 21.6 Å². The second kappa shape index (κ2) is 6.70. The first-order valence-corrected chi connectivity index (χ1v) is 8.86. The molecule has 0 radical (unpaired) electrons. The van der Waals surface area contributed by atoms with Crippen LogP contribution in [0.4, 0.5) is 21.9 Å². The maximum absolute atomic E-state index is 12.0. The lowest BCUT2D eigenvalue weighted by molar-refractivity contribution is 0.262. The minimum Gasteiger partial charge on any atom is -0.308 e. The van der Waals surface area contributed by atoms with Crippen LogP contribution in [0.1, 0.15) is 11.1 Å². The Kier molecular flexibility index (Phi) is 4.90. The zero-order valence-corrected chi connectivity index (χ0v) is 14.0. The topological polar surface area (TPSA) is 87.3 Å². The molecule has 0 unspecified atom stereocenters. The molecule has 0 aliphatic heterocycles. The zero-order chi connectivity index (χ0) is 17.0. The first kappa shape index (κ1) is 16.8. The van der Waals surface area contributed by atoms with Gasteiger partial charge < -0.3 is 10.6 Å². The number of sulfonamides is 1. The van der Waals surface area contributed by atoms with Crippen molar-refractivity contribution in [1.82, 2.24) is 0 Å². The fourth-order valence-electron chi connectivity index (χ4n) is 2.01. The Hall–Kier alpha value is -2.54. The highest BCUT2D eigenvalue weighted by atomic mass is 32.2. The van der Waals surface area contributed by atoms with Crippen molar-refractivity contribution in [3.63, 3.8) is 0 Å². The van der Waals surface area contributed by atoms with Crippen molar-refractivity contribution in [3.8, 4) is 0 Å². The van der Waals surface area contributed by atoms with E-state index in [0.29, 0.717) is 11.4 Å². The molecule has 0 bridgehead atoms. The van der Waals surface area contributed by atoms with Crippen LogP contribution in [-0.2, 0) is 10.0 Å². The van der Waals surface area contributed by atoms with Gasteiger partial charge >= 0.3 is 6.03 Å². The van der Waals surface area contributed by atoms with Gasteiger partial charge in [-0.3, -0.25) is 4.72 Å². The number of aryl methyl sites for hydroxylation is 1. The fourth-order valence-corrected chi connectivity index (χ4v) is 2.57. The predicted octanol–water partition coefficient (Wildman–Crippen LogP) is 3.32. The van der Waals surface area contributed by atoms with Gasteiger partial charge in [-0.05, 0) is 55.3 Å². The van der Waals surface area contributed by atoms with E-state index in [4.69, 9.17) is 0 Å². The lowest BCUT2D eigenvalue weighted by Gasteiger charge is -2.12. The Morgan fingerprint density at radius 3 is 2.13 bits per heavy atom. The Morgan fingerprint density at radius 2 is 1.52 bits per heavy atom. The number of anilines is 3. The average molecular weight is 333 g/mol. The third-order valence-electron chi connectivity index (χ3n) is 3.30. The smallest absolute Gasteiger partial charge is 0.308 e. The normalized spacial score (nSPS) is 10.9. The molecule has 0 aromatic heterocycles. The molecule has 0 aliphatic rings. The molecule has 0 aliphatic carbocycles. The highest BCUT2D eigenvalue weighted by molar-refractivity contribution is 7.92. The van der Waals surface area contributed by atoms with Crippen LogP contribution in [0.2, 0.25) is 0 Å². The van der Waals surface area contributed by atoms with E-state index in [2.05, 4.69) is 15.4 Å². The molecule has 0 spiro atoms. The molecule has 2 aromatic carbocycles. The number of amides is 2. The minimum atomic E-state index is -3.31. The van der Waals surface area contributed by atoms with Gasteiger partial charge in [-0.25, -0.2) is 13.2 Å². The summed E-state index contributed by atoms with van der Waals surface area (Å²) in [5.74, 6) is 0. The standard InChI is InChI=1S/C16H19N3O3S/c1-11-5-4-6-15(12(11)2)18-16(20)17-13-7-9-14(10-8-13)19-23(3,21)22/h4-10,19H,1-3H3,(H2,17,18,20). The van der Waals surface area contributed by atoms with Crippen LogP contribution in [0, 0.1) is 13.8 Å². The van der Waals surface area contributed by atoms with Crippen LogP contribution in [0.3, 0.4) is 0 Å². The molecule has 0 saturated heterocycles. The summed E-state index contributed by atoms with van der Waals surface area (Å²) in [6.45, 7) is 3.92. The van der Waals surface area contributed by atoms with Crippen molar-refractivity contribution in [2.45, 2.75) is 13.8 Å². The Bertz CT molecular complexity index is 815. The largest absolute Gasteiger partial charge is 0.323 e. The summed E-state index contributed by atoms with van der Waals surface area (Å²) in [5.41, 5.74) is 3.85. The summed E-state index contributed by atoms with van der Waals surface area (Å²) in [6, 6.07) is 11.7. The number of nitrogens with one attached hydrogen (secondary N) is 3. The van der Waals surface area contributed by atoms with Gasteiger partial charge in [0.25, 0.3) is 0 Å². The van der Waals surface area contributed by atoms with E-state index < -0.39 is 10.0 Å². The summed E-state index contributed by atoms with van der Waals surface area (Å²) in [4.78, 5) is 12.0. The molecule has 7 heteroatoms. The van der Waals surface area contributed by atoms with E-state index in [1.54, 1.807) is 24.3 Å². The van der Waals surface area contributed by atoms with E-state index in [1.165, 1.54) is 0 Å². The minimum absolute atomic E-state index is 0.359. The van der Waals surface area contributed by atoms with Crippen molar-refractivity contribution in [1.29, 1.82) is 0 Å². The number of carbonyl (C=O) groups is 1. The van der Waals surface area contributed by atoms with E-state index in [1.807, 2.05) is 32.0 Å². The first-order chi connectivity index (χ1) is 10.7. The van der Waals surface area contributed by atoms with Crippen molar-refractivity contribution in [3.05, 3.63) is 53.6 Å². The molecule has 0 atom stereocenters. The number of urea groups is 1. The summed E-state index contributed by atoms with van der Waals surface area (Å²) in [5, 5.41) is 5.49. The van der Waals surface area contributed by atoms with Crippen molar-refractivity contribution >= 4 is 33.1 Å². The second-order valence-corrected chi connectivity index (χ2v) is 7.03. The average Bonchev–Trinajstić information content (AvgIpc) is 2.44. The molecule has 0 saturated carbocycles. The number of hydrogen-bond acceptors (Lipinski definition) is 3. The van der Waals surface area contributed by atoms with E-state index in [0.717, 1.165) is 23.1 Å². The molecular weight excluding hydrogens is 314 g/mol. The molecule has 0 fully saturated rings. The second-order valence-electron chi connectivity index (χ2n) is 5.28. The van der Waals surface area contributed by atoms with Gasteiger partial charge in [0, 0.05) is 17.1 Å². The summed E-state index contributed by atoms with van der Waals surface area (Å²) in [6.07, 6.45) is 1.08. The van der Waals surface area contributed by atoms with Crippen LogP contribution in [0.5, 0.6) is 0 Å². The number of hydrogen-bond donors (Lipinski definition) is 3. The van der Waals surface area contributed by atoms with Gasteiger partial charge in [0.2, 0.25) is 10.0 Å². The van der Waals surface area contributed by atoms with Crippen LogP contribution >= 0.6 is 0 Å². The van der Waals surface area contributed by atoms with E-state index in [9.17, 15) is 13.2 Å². The van der Waals surface area contributed by atoms with E-state index >= 15 is 0 Å². The Morgan fingerprint density at radius 1 is 0.913 bits per heavy atom. The lowest BCUT2D eigenvalue weighted by atomic mass is 10.1. The third-order valence-corrected chi connectivity index (χ3v) is 3.91. The maximum Gasteiger partial charge on any atom is 0.323 e. The van der Waals surface area contributed by atoms with Gasteiger partial charge in [0.15, 0.2) is 0 Å². The van der Waals surface area contributed by atoms with Crippen LogP contribution < -0.4 is 15.4 Å². The van der Waals surface area contributed by atoms with Crippen LogP contribution in [0.25, 0.3) is 0 Å². The number of carbonyl (C=O) groups excluding carboxylic acids is 1. The van der Waals surface area contributed by atoms with Gasteiger partial charge in [-0.2, -0.15) is 0 Å². The SMILES string of the molecule is Cc1cccc(NC(=O)Nc2ccc(NS(C)(=O)=O)cc2)c1C. The van der Waals surface area contributed by atoms with Gasteiger partial charge in [0.05, 0.1) is 6.26 Å². The lowest BCUT2D eigenvalue weighted by Crippen LogP contribution is -2.20. The summed E-state index contributed by atoms with van der Waals surface area (Å²) < 4.78 is 24.6. The number of rotatable bonds is 4. The van der Waals surface area contributed by atoms with Crippen molar-refractivity contribution < 1.29 is 13.2 Å².